The fourth-order valence-corrected chi connectivity index (χ4v) is 5.45. The first-order chi connectivity index (χ1) is 18.0. The Morgan fingerprint density at radius 1 is 0.921 bits per heavy atom. The van der Waals surface area contributed by atoms with E-state index in [1.807, 2.05) is 38.1 Å². The molecule has 0 unspecified atom stereocenters. The molecule has 0 heterocycles. The highest BCUT2D eigenvalue weighted by Crippen LogP contribution is 2.26. The van der Waals surface area contributed by atoms with Gasteiger partial charge in [0, 0.05) is 17.1 Å². The second-order valence-electron chi connectivity index (χ2n) is 9.01. The maximum absolute atomic E-state index is 13.8. The van der Waals surface area contributed by atoms with Gasteiger partial charge in [0.1, 0.15) is 18.3 Å². The second kappa shape index (κ2) is 12.9. The fourth-order valence-electron chi connectivity index (χ4n) is 3.77. The Hall–Kier alpha value is -3.37. The molecule has 0 radical (unpaired) electrons. The summed E-state index contributed by atoms with van der Waals surface area (Å²) in [5.74, 6) is -0.327. The normalized spacial score (nSPS) is 12.1. The number of carbonyl (C=O) groups excluding carboxylic acids is 2. The van der Waals surface area contributed by atoms with Crippen molar-refractivity contribution < 1.29 is 22.7 Å². The number of sulfonamides is 1. The predicted molar refractivity (Wildman–Crippen MR) is 151 cm³/mol. The standard InChI is InChI=1S/C28H32BrN3O5S/c1-20(2)30-28(34)21(3)31(18-22-10-12-23(29)13-11-22)27(33)19-32(24-8-6-5-7-9-24)38(35,36)26-16-14-25(37-4)15-17-26/h5-17,20-21H,18-19H2,1-4H3,(H,30,34)/t21-/m0/s1. The van der Waals surface area contributed by atoms with Crippen LogP contribution in [0.3, 0.4) is 0 Å². The van der Waals surface area contributed by atoms with E-state index in [0.717, 1.165) is 14.3 Å². The van der Waals surface area contributed by atoms with Crippen LogP contribution >= 0.6 is 15.9 Å². The van der Waals surface area contributed by atoms with Crippen molar-refractivity contribution in [1.29, 1.82) is 0 Å². The van der Waals surface area contributed by atoms with E-state index in [1.165, 1.54) is 24.1 Å². The SMILES string of the molecule is COc1ccc(S(=O)(=O)N(CC(=O)N(Cc2ccc(Br)cc2)[C@@H](C)C(=O)NC(C)C)c2ccccc2)cc1. The Kier molecular flexibility index (Phi) is 9.93. The van der Waals surface area contributed by atoms with E-state index in [-0.39, 0.29) is 23.4 Å². The van der Waals surface area contributed by atoms with Crippen LogP contribution in [0.1, 0.15) is 26.3 Å². The van der Waals surface area contributed by atoms with Crippen molar-refractivity contribution >= 4 is 43.5 Å². The molecule has 1 N–H and O–H groups in total. The number of benzene rings is 3. The van der Waals surface area contributed by atoms with Crippen LogP contribution in [0.25, 0.3) is 0 Å². The summed E-state index contributed by atoms with van der Waals surface area (Å²) in [4.78, 5) is 28.2. The molecule has 3 rings (SSSR count). The Labute approximate surface area is 232 Å². The van der Waals surface area contributed by atoms with Crippen molar-refractivity contribution in [3.63, 3.8) is 0 Å². The minimum atomic E-state index is -4.13. The summed E-state index contributed by atoms with van der Waals surface area (Å²) in [6.07, 6.45) is 0. The first-order valence-electron chi connectivity index (χ1n) is 12.1. The van der Waals surface area contributed by atoms with Gasteiger partial charge in [0.25, 0.3) is 10.0 Å². The van der Waals surface area contributed by atoms with Gasteiger partial charge in [-0.1, -0.05) is 46.3 Å². The number of amides is 2. The van der Waals surface area contributed by atoms with Gasteiger partial charge < -0.3 is 15.0 Å². The van der Waals surface area contributed by atoms with Gasteiger partial charge in [-0.15, -0.1) is 0 Å². The van der Waals surface area contributed by atoms with E-state index in [2.05, 4.69) is 21.2 Å². The van der Waals surface area contributed by atoms with Crippen LogP contribution in [0.5, 0.6) is 5.75 Å². The van der Waals surface area contributed by atoms with Gasteiger partial charge in [-0.3, -0.25) is 13.9 Å². The summed E-state index contributed by atoms with van der Waals surface area (Å²) in [7, 11) is -2.63. The number of ether oxygens (including phenoxy) is 1. The molecule has 1 atom stereocenters. The molecule has 0 aliphatic rings. The van der Waals surface area contributed by atoms with Gasteiger partial charge in [-0.05, 0) is 74.9 Å². The lowest BCUT2D eigenvalue weighted by Gasteiger charge is -2.32. The third-order valence-electron chi connectivity index (χ3n) is 5.83. The number of halogens is 1. The van der Waals surface area contributed by atoms with Gasteiger partial charge in [0.2, 0.25) is 11.8 Å². The van der Waals surface area contributed by atoms with Crippen LogP contribution in [0.2, 0.25) is 0 Å². The number of nitrogens with zero attached hydrogens (tertiary/aromatic N) is 2. The molecule has 8 nitrogen and oxygen atoms in total. The number of hydrogen-bond donors (Lipinski definition) is 1. The Morgan fingerprint density at radius 2 is 1.53 bits per heavy atom. The highest BCUT2D eigenvalue weighted by Gasteiger charge is 2.32. The molecule has 0 aliphatic carbocycles. The third-order valence-corrected chi connectivity index (χ3v) is 8.15. The van der Waals surface area contributed by atoms with Crippen LogP contribution in [0.15, 0.2) is 88.2 Å². The summed E-state index contributed by atoms with van der Waals surface area (Å²) in [5.41, 5.74) is 1.13. The molecule has 3 aromatic rings. The molecule has 2 amide bonds. The number of para-hydroxylation sites is 1. The van der Waals surface area contributed by atoms with E-state index < -0.39 is 28.5 Å². The zero-order valence-corrected chi connectivity index (χ0v) is 24.2. The lowest BCUT2D eigenvalue weighted by atomic mass is 10.1. The van der Waals surface area contributed by atoms with Crippen LogP contribution in [-0.4, -0.2) is 50.9 Å². The lowest BCUT2D eigenvalue weighted by Crippen LogP contribution is -2.52. The largest absolute Gasteiger partial charge is 0.497 e. The maximum Gasteiger partial charge on any atom is 0.264 e. The predicted octanol–water partition coefficient (Wildman–Crippen LogP) is 4.59. The number of nitrogens with one attached hydrogen (secondary N) is 1. The Balaban J connectivity index is 1.99. The molecule has 0 aliphatic heterocycles. The molecule has 38 heavy (non-hydrogen) atoms. The number of carbonyl (C=O) groups is 2. The van der Waals surface area contributed by atoms with Crippen LogP contribution < -0.4 is 14.4 Å². The average molecular weight is 603 g/mol. The van der Waals surface area contributed by atoms with Gasteiger partial charge in [0.15, 0.2) is 0 Å². The number of hydrogen-bond acceptors (Lipinski definition) is 5. The highest BCUT2D eigenvalue weighted by molar-refractivity contribution is 9.10. The molecule has 0 aromatic heterocycles. The molecular formula is C28H32BrN3O5S. The fraction of sp³-hybridized carbons (Fsp3) is 0.286. The van der Waals surface area contributed by atoms with Gasteiger partial charge >= 0.3 is 0 Å². The first kappa shape index (κ1) is 29.2. The van der Waals surface area contributed by atoms with Gasteiger partial charge in [-0.25, -0.2) is 8.42 Å². The summed E-state index contributed by atoms with van der Waals surface area (Å²) >= 11 is 3.41. The molecule has 0 bridgehead atoms. The highest BCUT2D eigenvalue weighted by atomic mass is 79.9. The van der Waals surface area contributed by atoms with Crippen LogP contribution in [-0.2, 0) is 26.2 Å². The summed E-state index contributed by atoms with van der Waals surface area (Å²) in [6.45, 7) is 4.95. The molecule has 0 fully saturated rings. The van der Waals surface area contributed by atoms with Crippen LogP contribution in [0.4, 0.5) is 5.69 Å². The first-order valence-corrected chi connectivity index (χ1v) is 14.3. The van der Waals surface area contributed by atoms with Gasteiger partial charge in [0.05, 0.1) is 17.7 Å². The van der Waals surface area contributed by atoms with E-state index in [0.29, 0.717) is 11.4 Å². The van der Waals surface area contributed by atoms with Crippen LogP contribution in [0, 0.1) is 0 Å². The smallest absolute Gasteiger partial charge is 0.264 e. The summed E-state index contributed by atoms with van der Waals surface area (Å²) < 4.78 is 34.6. The lowest BCUT2D eigenvalue weighted by molar-refractivity contribution is -0.139. The molecule has 0 saturated carbocycles. The van der Waals surface area contributed by atoms with E-state index >= 15 is 0 Å². The number of rotatable bonds is 11. The summed E-state index contributed by atoms with van der Waals surface area (Å²) in [6, 6.07) is 20.8. The zero-order chi connectivity index (χ0) is 27.9. The van der Waals surface area contributed by atoms with Gasteiger partial charge in [-0.2, -0.15) is 0 Å². The third kappa shape index (κ3) is 7.35. The topological polar surface area (TPSA) is 96.0 Å². The minimum Gasteiger partial charge on any atom is -0.497 e. The quantitative estimate of drug-likeness (QED) is 0.347. The van der Waals surface area contributed by atoms with E-state index in [1.54, 1.807) is 49.4 Å². The van der Waals surface area contributed by atoms with E-state index in [4.69, 9.17) is 4.74 Å². The molecule has 0 saturated heterocycles. The molecule has 3 aromatic carbocycles. The monoisotopic (exact) mass is 601 g/mol. The average Bonchev–Trinajstić information content (AvgIpc) is 2.90. The molecular weight excluding hydrogens is 570 g/mol. The zero-order valence-electron chi connectivity index (χ0n) is 21.8. The van der Waals surface area contributed by atoms with Crippen molar-refractivity contribution in [2.75, 3.05) is 18.0 Å². The van der Waals surface area contributed by atoms with Crippen molar-refractivity contribution in [1.82, 2.24) is 10.2 Å². The second-order valence-corrected chi connectivity index (χ2v) is 11.8. The van der Waals surface area contributed by atoms with E-state index in [9.17, 15) is 18.0 Å². The summed E-state index contributed by atoms with van der Waals surface area (Å²) in [5, 5.41) is 2.84. The molecule has 202 valence electrons. The maximum atomic E-state index is 13.8. The van der Waals surface area contributed by atoms with Crippen molar-refractivity contribution in [2.24, 2.45) is 0 Å². The van der Waals surface area contributed by atoms with Crippen molar-refractivity contribution in [3.8, 4) is 5.75 Å². The van der Waals surface area contributed by atoms with Crippen molar-refractivity contribution in [3.05, 3.63) is 88.9 Å². The number of methoxy groups -OCH3 is 1. The Morgan fingerprint density at radius 3 is 2.08 bits per heavy atom. The molecule has 0 spiro atoms. The van der Waals surface area contributed by atoms with Crippen molar-refractivity contribution in [2.45, 2.75) is 44.3 Å². The Bertz CT molecular complexity index is 1330. The molecule has 10 heteroatoms. The number of anilines is 1. The minimum absolute atomic E-state index is 0.0139.